The second kappa shape index (κ2) is 54.2. The molecule has 0 fully saturated rings. The van der Waals surface area contributed by atoms with E-state index < -0.39 is 12.1 Å². The molecule has 0 rings (SSSR count). The number of aliphatic hydroxyl groups is 2. The Hall–Kier alpha value is -1.40. The Morgan fingerprint density at radius 3 is 1.16 bits per heavy atom. The van der Waals surface area contributed by atoms with Crippen molar-refractivity contribution < 1.29 is 24.5 Å². The normalized spacial score (nSPS) is 12.6. The molecule has 0 aliphatic carbocycles. The number of rotatable bonds is 54. The van der Waals surface area contributed by atoms with Crippen molar-refractivity contribution in [3.8, 4) is 0 Å². The van der Waals surface area contributed by atoms with Gasteiger partial charge in [0.25, 0.3) is 0 Å². The van der Waals surface area contributed by atoms with E-state index in [1.807, 2.05) is 0 Å². The predicted octanol–water partition coefficient (Wildman–Crippen LogP) is 17.7. The molecule has 64 heavy (non-hydrogen) atoms. The van der Waals surface area contributed by atoms with Crippen LogP contribution in [0.1, 0.15) is 322 Å². The van der Waals surface area contributed by atoms with Gasteiger partial charge in [-0.1, -0.05) is 276 Å². The molecular weight excluding hydrogens is 791 g/mol. The second-order valence-corrected chi connectivity index (χ2v) is 20.0. The van der Waals surface area contributed by atoms with E-state index >= 15 is 0 Å². The van der Waals surface area contributed by atoms with Crippen LogP contribution in [0.25, 0.3) is 0 Å². The Labute approximate surface area is 399 Å². The molecule has 0 saturated carbocycles. The molecule has 0 aliphatic rings. The number of hydrogen-bond donors (Lipinski definition) is 3. The molecule has 1 amide bonds. The number of carbonyl (C=O) groups excluding carboxylic acids is 2. The van der Waals surface area contributed by atoms with Crippen LogP contribution in [0.2, 0.25) is 0 Å². The monoisotopic (exact) mass is 904 g/mol. The highest BCUT2D eigenvalue weighted by atomic mass is 16.5. The Morgan fingerprint density at radius 2 is 0.750 bits per heavy atom. The lowest BCUT2D eigenvalue weighted by Gasteiger charge is -2.22. The molecule has 6 nitrogen and oxygen atoms in total. The van der Waals surface area contributed by atoms with Crippen LogP contribution in [0.4, 0.5) is 0 Å². The van der Waals surface area contributed by atoms with Gasteiger partial charge in [-0.3, -0.25) is 9.59 Å². The summed E-state index contributed by atoms with van der Waals surface area (Å²) in [4.78, 5) is 24.4. The number of carbonyl (C=O) groups is 2. The first-order valence-corrected chi connectivity index (χ1v) is 28.9. The third-order valence-corrected chi connectivity index (χ3v) is 13.6. The third kappa shape index (κ3) is 50.0. The minimum Gasteiger partial charge on any atom is -0.466 e. The smallest absolute Gasteiger partial charge is 0.305 e. The molecule has 0 aliphatic heterocycles. The van der Waals surface area contributed by atoms with Gasteiger partial charge in [0.15, 0.2) is 0 Å². The lowest BCUT2D eigenvalue weighted by atomic mass is 10.0. The average molecular weight is 905 g/mol. The van der Waals surface area contributed by atoms with Gasteiger partial charge in [0, 0.05) is 12.8 Å². The summed E-state index contributed by atoms with van der Waals surface area (Å²) in [6.45, 7) is 4.93. The van der Waals surface area contributed by atoms with Gasteiger partial charge in [-0.05, 0) is 44.9 Å². The fourth-order valence-corrected chi connectivity index (χ4v) is 9.09. The maximum atomic E-state index is 12.5. The molecule has 0 aromatic heterocycles. The first-order chi connectivity index (χ1) is 31.5. The van der Waals surface area contributed by atoms with E-state index in [1.54, 1.807) is 0 Å². The van der Waals surface area contributed by atoms with Crippen molar-refractivity contribution in [2.75, 3.05) is 13.2 Å². The van der Waals surface area contributed by atoms with Crippen LogP contribution in [0.3, 0.4) is 0 Å². The number of amides is 1. The summed E-state index contributed by atoms with van der Waals surface area (Å²) >= 11 is 0. The number of unbranched alkanes of at least 4 members (excludes halogenated alkanes) is 41. The number of allylic oxidation sites excluding steroid dienone is 2. The molecule has 0 saturated heterocycles. The summed E-state index contributed by atoms with van der Waals surface area (Å²) in [5, 5.41) is 23.3. The first kappa shape index (κ1) is 62.6. The number of hydrogen-bond acceptors (Lipinski definition) is 5. The van der Waals surface area contributed by atoms with E-state index in [9.17, 15) is 19.8 Å². The minimum atomic E-state index is -0.663. The lowest BCUT2D eigenvalue weighted by molar-refractivity contribution is -0.143. The molecule has 0 spiro atoms. The highest BCUT2D eigenvalue weighted by molar-refractivity contribution is 5.76. The van der Waals surface area contributed by atoms with Crippen molar-refractivity contribution in [3.05, 3.63) is 12.2 Å². The summed E-state index contributed by atoms with van der Waals surface area (Å²) in [6.07, 6.45) is 63.5. The van der Waals surface area contributed by atoms with Crippen LogP contribution in [0.15, 0.2) is 12.2 Å². The van der Waals surface area contributed by atoms with Crippen LogP contribution in [0.5, 0.6) is 0 Å². The van der Waals surface area contributed by atoms with Crippen molar-refractivity contribution >= 4 is 11.9 Å². The number of ether oxygens (including phenoxy) is 1. The van der Waals surface area contributed by atoms with Crippen LogP contribution in [-0.2, 0) is 14.3 Å². The van der Waals surface area contributed by atoms with E-state index in [1.165, 1.54) is 244 Å². The van der Waals surface area contributed by atoms with Gasteiger partial charge < -0.3 is 20.3 Å². The van der Waals surface area contributed by atoms with Crippen LogP contribution >= 0.6 is 0 Å². The molecule has 3 N–H and O–H groups in total. The largest absolute Gasteiger partial charge is 0.466 e. The van der Waals surface area contributed by atoms with Gasteiger partial charge in [-0.25, -0.2) is 0 Å². The number of esters is 1. The van der Waals surface area contributed by atoms with Crippen LogP contribution in [0, 0.1) is 0 Å². The van der Waals surface area contributed by atoms with E-state index in [0.717, 1.165) is 44.9 Å². The third-order valence-electron chi connectivity index (χ3n) is 13.6. The van der Waals surface area contributed by atoms with E-state index in [2.05, 4.69) is 31.3 Å². The van der Waals surface area contributed by atoms with Crippen LogP contribution in [-0.4, -0.2) is 47.4 Å². The SMILES string of the molecule is CCCC/C=C\CCCCCCCC(=O)OCCCCCCCCCCCCCCCCCCCCCCCCC(=O)NC(CO)C(O)CCCCCCCCCCCCCCCC. The van der Waals surface area contributed by atoms with E-state index in [-0.39, 0.29) is 18.5 Å². The molecular formula is C58H113NO5. The maximum absolute atomic E-state index is 12.5. The van der Waals surface area contributed by atoms with Crippen molar-refractivity contribution in [2.45, 2.75) is 334 Å². The second-order valence-electron chi connectivity index (χ2n) is 20.0. The summed E-state index contributed by atoms with van der Waals surface area (Å²) in [5.74, 6) is -0.0311. The topological polar surface area (TPSA) is 95.9 Å². The molecule has 0 aromatic carbocycles. The zero-order chi connectivity index (χ0) is 46.5. The van der Waals surface area contributed by atoms with E-state index in [0.29, 0.717) is 25.9 Å². The maximum Gasteiger partial charge on any atom is 0.305 e. The fourth-order valence-electron chi connectivity index (χ4n) is 9.09. The van der Waals surface area contributed by atoms with Crippen molar-refractivity contribution in [1.82, 2.24) is 5.32 Å². The Morgan fingerprint density at radius 1 is 0.422 bits per heavy atom. The van der Waals surface area contributed by atoms with E-state index in [4.69, 9.17) is 4.74 Å². The molecule has 0 heterocycles. The van der Waals surface area contributed by atoms with Gasteiger partial charge in [-0.15, -0.1) is 0 Å². The lowest BCUT2D eigenvalue weighted by Crippen LogP contribution is -2.45. The highest BCUT2D eigenvalue weighted by Crippen LogP contribution is 2.18. The Bertz CT molecular complexity index is 955. The van der Waals surface area contributed by atoms with Gasteiger partial charge in [0.2, 0.25) is 5.91 Å². The molecule has 6 heteroatoms. The zero-order valence-electron chi connectivity index (χ0n) is 43.3. The Balaban J connectivity index is 3.37. The minimum absolute atomic E-state index is 0.00252. The number of aliphatic hydroxyl groups excluding tert-OH is 2. The summed E-state index contributed by atoms with van der Waals surface area (Å²) in [5.41, 5.74) is 0. The van der Waals surface area contributed by atoms with Gasteiger partial charge in [0.1, 0.15) is 0 Å². The molecule has 0 radical (unpaired) electrons. The molecule has 2 unspecified atom stereocenters. The van der Waals surface area contributed by atoms with Crippen LogP contribution < -0.4 is 5.32 Å². The summed E-state index contributed by atoms with van der Waals surface area (Å²) in [7, 11) is 0. The predicted molar refractivity (Wildman–Crippen MR) is 278 cm³/mol. The van der Waals surface area contributed by atoms with Gasteiger partial charge in [-0.2, -0.15) is 0 Å². The standard InChI is InChI=1S/C58H113NO5/c1-3-5-7-9-11-13-15-16-27-31-34-38-42-46-50-56(61)55(54-60)59-57(62)51-47-43-39-35-32-28-25-23-21-19-17-18-20-22-24-26-29-33-37-41-45-49-53-64-58(63)52-48-44-40-36-30-14-12-10-8-6-4-2/h10,12,55-56,60-61H,3-9,11,13-54H2,1-2H3,(H,59,62)/b12-10-. The molecule has 0 aromatic rings. The van der Waals surface area contributed by atoms with Crippen molar-refractivity contribution in [1.29, 1.82) is 0 Å². The number of nitrogens with one attached hydrogen (secondary N) is 1. The summed E-state index contributed by atoms with van der Waals surface area (Å²) < 4.78 is 5.46. The molecule has 380 valence electrons. The van der Waals surface area contributed by atoms with Crippen molar-refractivity contribution in [2.24, 2.45) is 0 Å². The first-order valence-electron chi connectivity index (χ1n) is 28.9. The highest BCUT2D eigenvalue weighted by Gasteiger charge is 2.20. The Kier molecular flexibility index (Phi) is 53.0. The van der Waals surface area contributed by atoms with Gasteiger partial charge >= 0.3 is 5.97 Å². The molecule has 0 bridgehead atoms. The van der Waals surface area contributed by atoms with Gasteiger partial charge in [0.05, 0.1) is 25.4 Å². The fraction of sp³-hybridized carbons (Fsp3) is 0.931. The molecule has 2 atom stereocenters. The van der Waals surface area contributed by atoms with Crippen molar-refractivity contribution in [3.63, 3.8) is 0 Å². The zero-order valence-corrected chi connectivity index (χ0v) is 43.3. The quantitative estimate of drug-likeness (QED) is 0.0321. The summed E-state index contributed by atoms with van der Waals surface area (Å²) in [6, 6.07) is -0.540. The average Bonchev–Trinajstić information content (AvgIpc) is 3.29.